The molecule has 1 aliphatic rings. The number of benzene rings is 2. The van der Waals surface area contributed by atoms with E-state index in [1.54, 1.807) is 10.6 Å². The predicted octanol–water partition coefficient (Wildman–Crippen LogP) is 2.77. The van der Waals surface area contributed by atoms with E-state index in [0.717, 1.165) is 18.5 Å². The van der Waals surface area contributed by atoms with Gasteiger partial charge in [0.1, 0.15) is 5.82 Å². The van der Waals surface area contributed by atoms with Gasteiger partial charge in [0.15, 0.2) is 0 Å². The number of hydrogen-bond donors (Lipinski definition) is 0. The predicted molar refractivity (Wildman–Crippen MR) is 112 cm³/mol. The van der Waals surface area contributed by atoms with Crippen LogP contribution < -0.4 is 16.1 Å². The van der Waals surface area contributed by atoms with Crippen LogP contribution in [0, 0.1) is 13.8 Å². The standard InChI is InChI=1S/C23H25N3O2/c1-16-10-17(2)12-18(11-16)14-26-21(13-22(27)24(3)23(26)28)25-9-8-19-6-4-5-7-20(19)15-25/h4-7,10-13H,8-9,14-15H2,1-3H3. The lowest BCUT2D eigenvalue weighted by molar-refractivity contribution is 0.611. The first-order valence-corrected chi connectivity index (χ1v) is 9.62. The molecule has 0 aliphatic carbocycles. The summed E-state index contributed by atoms with van der Waals surface area (Å²) >= 11 is 0. The van der Waals surface area contributed by atoms with Crippen molar-refractivity contribution in [2.75, 3.05) is 11.4 Å². The number of aromatic nitrogens is 2. The largest absolute Gasteiger partial charge is 0.353 e. The smallest absolute Gasteiger partial charge is 0.332 e. The third-order valence-electron chi connectivity index (χ3n) is 5.45. The molecule has 0 fully saturated rings. The molecular weight excluding hydrogens is 350 g/mol. The van der Waals surface area contributed by atoms with Crippen LogP contribution >= 0.6 is 0 Å². The van der Waals surface area contributed by atoms with Gasteiger partial charge in [0.05, 0.1) is 6.54 Å². The molecule has 5 nitrogen and oxygen atoms in total. The molecule has 0 atom stereocenters. The Hall–Kier alpha value is -3.08. The van der Waals surface area contributed by atoms with E-state index in [-0.39, 0.29) is 11.2 Å². The van der Waals surface area contributed by atoms with Crippen molar-refractivity contribution in [2.24, 2.45) is 7.05 Å². The molecule has 28 heavy (non-hydrogen) atoms. The van der Waals surface area contributed by atoms with Crippen LogP contribution in [0.15, 0.2) is 58.1 Å². The van der Waals surface area contributed by atoms with Gasteiger partial charge in [0.2, 0.25) is 0 Å². The Balaban J connectivity index is 1.79. The molecule has 2 heterocycles. The summed E-state index contributed by atoms with van der Waals surface area (Å²) in [6.45, 7) is 6.06. The summed E-state index contributed by atoms with van der Waals surface area (Å²) in [5.74, 6) is 0.696. The molecule has 2 aromatic carbocycles. The van der Waals surface area contributed by atoms with E-state index in [1.807, 2.05) is 6.07 Å². The van der Waals surface area contributed by atoms with Crippen LogP contribution in [0.1, 0.15) is 27.8 Å². The molecule has 0 N–H and O–H groups in total. The SMILES string of the molecule is Cc1cc(C)cc(Cn2c(N3CCc4ccccc4C3)cc(=O)n(C)c2=O)c1. The summed E-state index contributed by atoms with van der Waals surface area (Å²) in [5, 5.41) is 0. The molecule has 0 bridgehead atoms. The number of fused-ring (bicyclic) bond motifs is 1. The fraction of sp³-hybridized carbons (Fsp3) is 0.304. The van der Waals surface area contributed by atoms with Crippen molar-refractivity contribution in [3.8, 4) is 0 Å². The van der Waals surface area contributed by atoms with Gasteiger partial charge in [-0.15, -0.1) is 0 Å². The minimum Gasteiger partial charge on any atom is -0.353 e. The van der Waals surface area contributed by atoms with Crippen LogP contribution in [0.25, 0.3) is 0 Å². The zero-order valence-electron chi connectivity index (χ0n) is 16.6. The molecule has 0 spiro atoms. The number of aryl methyl sites for hydroxylation is 2. The molecule has 0 saturated heterocycles. The summed E-state index contributed by atoms with van der Waals surface area (Å²) in [4.78, 5) is 27.5. The second-order valence-electron chi connectivity index (χ2n) is 7.70. The first-order chi connectivity index (χ1) is 13.4. The van der Waals surface area contributed by atoms with Crippen molar-refractivity contribution in [3.05, 3.63) is 97.2 Å². The Morgan fingerprint density at radius 1 is 0.929 bits per heavy atom. The fourth-order valence-corrected chi connectivity index (χ4v) is 4.10. The lowest BCUT2D eigenvalue weighted by atomic mass is 10.00. The van der Waals surface area contributed by atoms with Gasteiger partial charge in [0, 0.05) is 26.2 Å². The van der Waals surface area contributed by atoms with E-state index in [9.17, 15) is 9.59 Å². The Morgan fingerprint density at radius 3 is 2.32 bits per heavy atom. The van der Waals surface area contributed by atoms with Crippen molar-refractivity contribution in [3.63, 3.8) is 0 Å². The van der Waals surface area contributed by atoms with E-state index in [0.29, 0.717) is 18.9 Å². The number of nitrogens with zero attached hydrogens (tertiary/aromatic N) is 3. The quantitative estimate of drug-likeness (QED) is 0.707. The van der Waals surface area contributed by atoms with Gasteiger partial charge < -0.3 is 4.90 Å². The monoisotopic (exact) mass is 375 g/mol. The highest BCUT2D eigenvalue weighted by Gasteiger charge is 2.21. The van der Waals surface area contributed by atoms with Crippen molar-refractivity contribution < 1.29 is 0 Å². The maximum absolute atomic E-state index is 13.0. The molecule has 4 rings (SSSR count). The maximum Gasteiger partial charge on any atom is 0.332 e. The minimum absolute atomic E-state index is 0.268. The van der Waals surface area contributed by atoms with E-state index in [1.165, 1.54) is 33.9 Å². The van der Waals surface area contributed by atoms with Crippen LogP contribution in [0.4, 0.5) is 5.82 Å². The highest BCUT2D eigenvalue weighted by Crippen LogP contribution is 2.23. The third-order valence-corrected chi connectivity index (χ3v) is 5.45. The van der Waals surface area contributed by atoms with Gasteiger partial charge >= 0.3 is 5.69 Å². The summed E-state index contributed by atoms with van der Waals surface area (Å²) in [5.41, 5.74) is 5.45. The van der Waals surface area contributed by atoms with E-state index in [2.05, 4.69) is 55.1 Å². The topological polar surface area (TPSA) is 47.2 Å². The first kappa shape index (κ1) is 18.3. The van der Waals surface area contributed by atoms with Gasteiger partial charge in [0.25, 0.3) is 5.56 Å². The summed E-state index contributed by atoms with van der Waals surface area (Å²) in [7, 11) is 1.54. The summed E-state index contributed by atoms with van der Waals surface area (Å²) < 4.78 is 2.91. The fourth-order valence-electron chi connectivity index (χ4n) is 4.10. The van der Waals surface area contributed by atoms with Crippen LogP contribution in [-0.4, -0.2) is 15.7 Å². The number of anilines is 1. The van der Waals surface area contributed by atoms with Crippen molar-refractivity contribution in [1.29, 1.82) is 0 Å². The normalized spacial score (nSPS) is 13.5. The first-order valence-electron chi connectivity index (χ1n) is 9.62. The molecule has 5 heteroatoms. The molecule has 0 saturated carbocycles. The Morgan fingerprint density at radius 2 is 1.61 bits per heavy atom. The maximum atomic E-state index is 13.0. The minimum atomic E-state index is -0.277. The lowest BCUT2D eigenvalue weighted by Gasteiger charge is -2.32. The second-order valence-corrected chi connectivity index (χ2v) is 7.70. The van der Waals surface area contributed by atoms with Gasteiger partial charge in [-0.2, -0.15) is 0 Å². The summed E-state index contributed by atoms with van der Waals surface area (Å²) in [6, 6.07) is 16.3. The van der Waals surface area contributed by atoms with Gasteiger partial charge in [-0.25, -0.2) is 4.79 Å². The molecule has 0 radical (unpaired) electrons. The van der Waals surface area contributed by atoms with Crippen molar-refractivity contribution >= 4 is 5.82 Å². The van der Waals surface area contributed by atoms with Crippen molar-refractivity contribution in [1.82, 2.24) is 9.13 Å². The Bertz CT molecular complexity index is 1140. The summed E-state index contributed by atoms with van der Waals surface area (Å²) in [6.07, 6.45) is 0.906. The van der Waals surface area contributed by atoms with Crippen LogP contribution in [0.5, 0.6) is 0 Å². The van der Waals surface area contributed by atoms with Crippen LogP contribution in [0.2, 0.25) is 0 Å². The van der Waals surface area contributed by atoms with Crippen molar-refractivity contribution in [2.45, 2.75) is 33.4 Å². The third kappa shape index (κ3) is 3.40. The Kier molecular flexibility index (Phi) is 4.67. The van der Waals surface area contributed by atoms with E-state index < -0.39 is 0 Å². The molecule has 1 aromatic heterocycles. The van der Waals surface area contributed by atoms with Gasteiger partial charge in [-0.05, 0) is 37.0 Å². The lowest BCUT2D eigenvalue weighted by Crippen LogP contribution is -2.43. The molecule has 1 aliphatic heterocycles. The Labute approximate surface area is 164 Å². The highest BCUT2D eigenvalue weighted by molar-refractivity contribution is 5.45. The number of rotatable bonds is 3. The molecule has 0 amide bonds. The van der Waals surface area contributed by atoms with Crippen LogP contribution in [0.3, 0.4) is 0 Å². The number of hydrogen-bond acceptors (Lipinski definition) is 3. The van der Waals surface area contributed by atoms with E-state index in [4.69, 9.17) is 0 Å². The zero-order valence-corrected chi connectivity index (χ0v) is 16.6. The molecular formula is C23H25N3O2. The van der Waals surface area contributed by atoms with E-state index >= 15 is 0 Å². The average Bonchev–Trinajstić information content (AvgIpc) is 2.67. The van der Waals surface area contributed by atoms with Gasteiger partial charge in [-0.1, -0.05) is 53.6 Å². The molecule has 144 valence electrons. The average molecular weight is 375 g/mol. The molecule has 0 unspecified atom stereocenters. The zero-order chi connectivity index (χ0) is 19.8. The second kappa shape index (κ2) is 7.15. The van der Waals surface area contributed by atoms with Crippen LogP contribution in [-0.2, 0) is 26.6 Å². The molecule has 3 aromatic rings. The highest BCUT2D eigenvalue weighted by atomic mass is 16.2. The van der Waals surface area contributed by atoms with Gasteiger partial charge in [-0.3, -0.25) is 13.9 Å².